The van der Waals surface area contributed by atoms with E-state index in [0.717, 1.165) is 6.07 Å². The van der Waals surface area contributed by atoms with Crippen molar-refractivity contribution < 1.29 is 23.8 Å². The van der Waals surface area contributed by atoms with Gasteiger partial charge >= 0.3 is 5.97 Å². The van der Waals surface area contributed by atoms with Crippen LogP contribution in [-0.2, 0) is 0 Å². The molecule has 1 heterocycles. The van der Waals surface area contributed by atoms with Gasteiger partial charge in [0.2, 0.25) is 0 Å². The predicted octanol–water partition coefficient (Wildman–Crippen LogP) is 3.48. The lowest BCUT2D eigenvalue weighted by molar-refractivity contribution is 0.0690. The highest BCUT2D eigenvalue weighted by molar-refractivity contribution is 9.10. The van der Waals surface area contributed by atoms with Crippen LogP contribution in [0.5, 0.6) is 17.4 Å². The van der Waals surface area contributed by atoms with E-state index in [1.54, 1.807) is 18.2 Å². The Hall–Kier alpha value is -2.15. The number of carboxylic acids is 1. The molecule has 2 rings (SSSR count). The summed E-state index contributed by atoms with van der Waals surface area (Å²) in [6.45, 7) is 0. The van der Waals surface area contributed by atoms with Crippen molar-refractivity contribution >= 4 is 21.9 Å². The number of benzene rings is 1. The van der Waals surface area contributed by atoms with E-state index in [2.05, 4.69) is 20.9 Å². The van der Waals surface area contributed by atoms with Crippen LogP contribution in [0.1, 0.15) is 10.4 Å². The number of carboxylic acid groups (broad SMARTS) is 1. The van der Waals surface area contributed by atoms with E-state index in [9.17, 15) is 9.18 Å². The van der Waals surface area contributed by atoms with E-state index in [4.69, 9.17) is 14.6 Å². The summed E-state index contributed by atoms with van der Waals surface area (Å²) >= 11 is 3.25. The SMILES string of the molecule is COc1ccc(Oc2nccc(C(=O)O)c2F)c(Br)c1. The Kier molecular flexibility index (Phi) is 4.19. The first-order valence-electron chi connectivity index (χ1n) is 5.42. The van der Waals surface area contributed by atoms with Crippen LogP contribution in [0.3, 0.4) is 0 Å². The van der Waals surface area contributed by atoms with Gasteiger partial charge in [-0.2, -0.15) is 0 Å². The number of hydrogen-bond acceptors (Lipinski definition) is 4. The van der Waals surface area contributed by atoms with Crippen molar-refractivity contribution in [2.24, 2.45) is 0 Å². The molecule has 20 heavy (non-hydrogen) atoms. The van der Waals surface area contributed by atoms with Gasteiger partial charge in [0, 0.05) is 6.20 Å². The molecule has 0 amide bonds. The molecule has 1 aromatic carbocycles. The fourth-order valence-corrected chi connectivity index (χ4v) is 1.90. The zero-order valence-electron chi connectivity index (χ0n) is 10.3. The summed E-state index contributed by atoms with van der Waals surface area (Å²) in [5, 5.41) is 8.83. The second-order valence-electron chi connectivity index (χ2n) is 3.68. The van der Waals surface area contributed by atoms with Crippen LogP contribution in [0.25, 0.3) is 0 Å². The summed E-state index contributed by atoms with van der Waals surface area (Å²) in [5.41, 5.74) is -0.500. The molecule has 0 saturated heterocycles. The molecule has 5 nitrogen and oxygen atoms in total. The Balaban J connectivity index is 2.35. The fourth-order valence-electron chi connectivity index (χ4n) is 1.46. The first kappa shape index (κ1) is 14.3. The van der Waals surface area contributed by atoms with Gasteiger partial charge in [-0.1, -0.05) is 0 Å². The van der Waals surface area contributed by atoms with Crippen molar-refractivity contribution in [3.63, 3.8) is 0 Å². The van der Waals surface area contributed by atoms with Gasteiger partial charge in [-0.3, -0.25) is 0 Å². The molecular formula is C13H9BrFNO4. The quantitative estimate of drug-likeness (QED) is 0.921. The van der Waals surface area contributed by atoms with Crippen molar-refractivity contribution in [1.82, 2.24) is 4.98 Å². The average Bonchev–Trinajstić information content (AvgIpc) is 2.42. The normalized spacial score (nSPS) is 10.2. The number of nitrogens with zero attached hydrogens (tertiary/aromatic N) is 1. The van der Waals surface area contributed by atoms with Crippen LogP contribution in [0.4, 0.5) is 4.39 Å². The molecule has 104 valence electrons. The van der Waals surface area contributed by atoms with Gasteiger partial charge in [0.05, 0.1) is 11.6 Å². The van der Waals surface area contributed by atoms with Gasteiger partial charge in [-0.25, -0.2) is 14.2 Å². The molecule has 0 aliphatic rings. The number of pyridine rings is 1. The maximum atomic E-state index is 13.9. The molecule has 2 aromatic rings. The third-order valence-electron chi connectivity index (χ3n) is 2.43. The largest absolute Gasteiger partial charge is 0.497 e. The minimum atomic E-state index is -1.39. The number of halogens is 2. The highest BCUT2D eigenvalue weighted by Gasteiger charge is 2.17. The van der Waals surface area contributed by atoms with Gasteiger partial charge < -0.3 is 14.6 Å². The third-order valence-corrected chi connectivity index (χ3v) is 3.05. The van der Waals surface area contributed by atoms with E-state index >= 15 is 0 Å². The summed E-state index contributed by atoms with van der Waals surface area (Å²) < 4.78 is 24.7. The minimum absolute atomic E-state index is 0.291. The van der Waals surface area contributed by atoms with Crippen LogP contribution in [0.15, 0.2) is 34.9 Å². The molecule has 0 radical (unpaired) electrons. The van der Waals surface area contributed by atoms with Crippen molar-refractivity contribution in [3.8, 4) is 17.4 Å². The highest BCUT2D eigenvalue weighted by atomic mass is 79.9. The van der Waals surface area contributed by atoms with Crippen molar-refractivity contribution in [3.05, 3.63) is 46.3 Å². The highest BCUT2D eigenvalue weighted by Crippen LogP contribution is 2.33. The van der Waals surface area contributed by atoms with E-state index in [0.29, 0.717) is 16.0 Å². The molecule has 7 heteroatoms. The number of hydrogen-bond donors (Lipinski definition) is 1. The lowest BCUT2D eigenvalue weighted by Gasteiger charge is -2.09. The van der Waals surface area contributed by atoms with Crippen molar-refractivity contribution in [2.45, 2.75) is 0 Å². The Morgan fingerprint density at radius 1 is 1.40 bits per heavy atom. The summed E-state index contributed by atoms with van der Waals surface area (Å²) in [5.74, 6) is -1.93. The molecule has 1 N–H and O–H groups in total. The Morgan fingerprint density at radius 3 is 2.75 bits per heavy atom. The minimum Gasteiger partial charge on any atom is -0.497 e. The first-order chi connectivity index (χ1) is 9.52. The van der Waals surface area contributed by atoms with Crippen LogP contribution in [0.2, 0.25) is 0 Å². The summed E-state index contributed by atoms with van der Waals surface area (Å²) in [4.78, 5) is 14.5. The fraction of sp³-hybridized carbons (Fsp3) is 0.0769. The van der Waals surface area contributed by atoms with Gasteiger partial charge in [0.15, 0.2) is 5.82 Å². The Bertz CT molecular complexity index is 663. The summed E-state index contributed by atoms with van der Waals surface area (Å²) in [6.07, 6.45) is 1.17. The van der Waals surface area contributed by atoms with Gasteiger partial charge in [0.25, 0.3) is 5.88 Å². The standard InChI is InChI=1S/C13H9BrFNO4/c1-19-7-2-3-10(9(14)6-7)20-12-11(15)8(13(17)18)4-5-16-12/h2-6H,1H3,(H,17,18). The molecule has 0 fully saturated rings. The smallest absolute Gasteiger partial charge is 0.338 e. The third kappa shape index (κ3) is 2.88. The maximum Gasteiger partial charge on any atom is 0.338 e. The number of methoxy groups -OCH3 is 1. The van der Waals surface area contributed by atoms with Crippen molar-refractivity contribution in [1.29, 1.82) is 0 Å². The predicted molar refractivity (Wildman–Crippen MR) is 71.9 cm³/mol. The second kappa shape index (κ2) is 5.87. The number of rotatable bonds is 4. The lowest BCUT2D eigenvalue weighted by Crippen LogP contribution is -2.03. The molecule has 0 aliphatic carbocycles. The molecule has 0 atom stereocenters. The number of ether oxygens (including phenoxy) is 2. The van der Waals surface area contributed by atoms with Gasteiger partial charge in [-0.05, 0) is 40.2 Å². The Morgan fingerprint density at radius 2 is 2.15 bits per heavy atom. The number of carbonyl (C=O) groups is 1. The van der Waals surface area contributed by atoms with E-state index in [1.165, 1.54) is 13.3 Å². The zero-order valence-corrected chi connectivity index (χ0v) is 11.8. The number of aromatic nitrogens is 1. The maximum absolute atomic E-state index is 13.9. The summed E-state index contributed by atoms with van der Waals surface area (Å²) in [6, 6.07) is 5.87. The molecule has 0 bridgehead atoms. The molecular weight excluding hydrogens is 333 g/mol. The van der Waals surface area contributed by atoms with Gasteiger partial charge in [0.1, 0.15) is 17.1 Å². The second-order valence-corrected chi connectivity index (χ2v) is 4.54. The molecule has 1 aromatic heterocycles. The first-order valence-corrected chi connectivity index (χ1v) is 6.21. The van der Waals surface area contributed by atoms with Crippen LogP contribution in [0, 0.1) is 5.82 Å². The topological polar surface area (TPSA) is 68.7 Å². The van der Waals surface area contributed by atoms with Crippen LogP contribution >= 0.6 is 15.9 Å². The Labute approximate surface area is 122 Å². The lowest BCUT2D eigenvalue weighted by atomic mass is 10.2. The van der Waals surface area contributed by atoms with E-state index < -0.39 is 23.2 Å². The van der Waals surface area contributed by atoms with Gasteiger partial charge in [-0.15, -0.1) is 0 Å². The zero-order chi connectivity index (χ0) is 14.7. The van der Waals surface area contributed by atoms with E-state index in [-0.39, 0.29) is 0 Å². The van der Waals surface area contributed by atoms with Crippen LogP contribution in [-0.4, -0.2) is 23.2 Å². The monoisotopic (exact) mass is 341 g/mol. The average molecular weight is 342 g/mol. The molecule has 0 unspecified atom stereocenters. The molecule has 0 saturated carbocycles. The van der Waals surface area contributed by atoms with Crippen LogP contribution < -0.4 is 9.47 Å². The number of aromatic carboxylic acids is 1. The van der Waals surface area contributed by atoms with Crippen molar-refractivity contribution in [2.75, 3.05) is 7.11 Å². The molecule has 0 spiro atoms. The molecule has 0 aliphatic heterocycles. The van der Waals surface area contributed by atoms with E-state index in [1.807, 2.05) is 0 Å². The summed E-state index contributed by atoms with van der Waals surface area (Å²) in [7, 11) is 1.51.